The third-order valence-corrected chi connectivity index (χ3v) is 2.81. The van der Waals surface area contributed by atoms with Crippen LogP contribution in [0, 0.1) is 22.2 Å². The molecule has 0 atom stereocenters. The molecular weight excluding hydrogens is 249 g/mol. The Kier molecular flexibility index (Phi) is 2.91. The van der Waals surface area contributed by atoms with Gasteiger partial charge in [0.15, 0.2) is 5.82 Å². The van der Waals surface area contributed by atoms with Crippen molar-refractivity contribution in [1.82, 2.24) is 9.97 Å². The summed E-state index contributed by atoms with van der Waals surface area (Å²) in [6.07, 6.45) is 0. The largest absolute Gasteiger partial charge is 0.313 e. The van der Waals surface area contributed by atoms with Gasteiger partial charge in [-0.3, -0.25) is 0 Å². The molecule has 0 aromatic carbocycles. The topological polar surface area (TPSA) is 28.7 Å². The summed E-state index contributed by atoms with van der Waals surface area (Å²) in [5, 5.41) is 0. The van der Waals surface area contributed by atoms with Crippen LogP contribution in [0.2, 0.25) is 0 Å². The first-order chi connectivity index (χ1) is 7.91. The van der Waals surface area contributed by atoms with Gasteiger partial charge in [0.25, 0.3) is 0 Å². The van der Waals surface area contributed by atoms with Gasteiger partial charge in [-0.25, -0.2) is 9.37 Å². The van der Waals surface area contributed by atoms with Crippen molar-refractivity contribution in [2.45, 2.75) is 19.8 Å². The number of hydrogen-bond donors (Lipinski definition) is 1. The Morgan fingerprint density at radius 2 is 1.88 bits per heavy atom. The van der Waals surface area contributed by atoms with Crippen LogP contribution in [0.1, 0.15) is 25.3 Å². The van der Waals surface area contributed by atoms with E-state index in [1.807, 2.05) is 18.8 Å². The molecule has 0 fully saturated rings. The lowest BCUT2D eigenvalue weighted by molar-refractivity contribution is 0.427. The van der Waals surface area contributed by atoms with Gasteiger partial charge in [0.1, 0.15) is 10.5 Å². The number of hydrogen-bond acceptors (Lipinski definition) is 2. The minimum atomic E-state index is -1.54. The van der Waals surface area contributed by atoms with Crippen LogP contribution in [-0.2, 0) is 0 Å². The number of nitrogens with zero attached hydrogens (tertiary/aromatic N) is 1. The maximum atomic E-state index is 13.5. The van der Waals surface area contributed by atoms with Crippen LogP contribution in [0.25, 0.3) is 11.4 Å². The summed E-state index contributed by atoms with van der Waals surface area (Å²) in [5.74, 6) is -4.22. The van der Waals surface area contributed by atoms with Gasteiger partial charge >= 0.3 is 0 Å². The molecule has 0 spiro atoms. The second-order valence-corrected chi connectivity index (χ2v) is 4.39. The molecule has 1 N–H and O–H groups in total. The molecule has 2 rings (SSSR count). The van der Waals surface area contributed by atoms with E-state index >= 15 is 0 Å². The van der Waals surface area contributed by atoms with E-state index in [0.717, 1.165) is 0 Å². The molecule has 90 valence electrons. The Morgan fingerprint density at radius 1 is 1.24 bits per heavy atom. The lowest BCUT2D eigenvalue weighted by atomic mass is 10.0. The number of halogens is 3. The number of H-pyrrole nitrogens is 1. The zero-order valence-electron chi connectivity index (χ0n) is 9.14. The molecule has 2 nitrogen and oxygen atoms in total. The van der Waals surface area contributed by atoms with E-state index < -0.39 is 17.6 Å². The van der Waals surface area contributed by atoms with Crippen LogP contribution < -0.4 is 0 Å². The molecule has 0 bridgehead atoms. The highest BCUT2D eigenvalue weighted by Gasteiger charge is 2.21. The molecule has 0 amide bonds. The van der Waals surface area contributed by atoms with E-state index in [4.69, 9.17) is 12.2 Å². The molecule has 17 heavy (non-hydrogen) atoms. The molecule has 0 aromatic rings. The number of fused-ring (bicyclic) bond motifs is 1. The smallest absolute Gasteiger partial charge is 0.231 e. The van der Waals surface area contributed by atoms with Crippen LogP contribution in [0.5, 0.6) is 0 Å². The van der Waals surface area contributed by atoms with E-state index in [1.165, 1.54) is 6.07 Å². The van der Waals surface area contributed by atoms with Crippen molar-refractivity contribution in [3.8, 4) is 11.4 Å². The zero-order valence-corrected chi connectivity index (χ0v) is 9.96. The van der Waals surface area contributed by atoms with Crippen LogP contribution in [0.4, 0.5) is 13.2 Å². The van der Waals surface area contributed by atoms with Gasteiger partial charge in [-0.15, -0.1) is 0 Å². The highest BCUT2D eigenvalue weighted by atomic mass is 32.1. The standard InChI is InChI=1S/C11H9F3N2S/c1-4(2)5-3-6-7(12)8(13)9(14)15-10(6)16-11(5)17/h3-4H,1-2H3,(H,15,16,17). The van der Waals surface area contributed by atoms with Gasteiger partial charge in [-0.05, 0) is 17.5 Å². The first-order valence-corrected chi connectivity index (χ1v) is 5.40. The van der Waals surface area contributed by atoms with Gasteiger partial charge in [0, 0.05) is 0 Å². The van der Waals surface area contributed by atoms with Crippen LogP contribution in [0.3, 0.4) is 0 Å². The number of pyridine rings is 2. The maximum absolute atomic E-state index is 13.5. The van der Waals surface area contributed by atoms with Crippen LogP contribution >= 0.6 is 12.2 Å². The minimum Gasteiger partial charge on any atom is -0.313 e. The Bertz CT molecular complexity index is 607. The summed E-state index contributed by atoms with van der Waals surface area (Å²) in [7, 11) is 0. The average molecular weight is 258 g/mol. The van der Waals surface area contributed by atoms with Crippen molar-refractivity contribution in [1.29, 1.82) is 0 Å². The minimum absolute atomic E-state index is 0.0342. The number of rotatable bonds is 1. The van der Waals surface area contributed by atoms with Gasteiger partial charge in [-0.1, -0.05) is 26.1 Å². The SMILES string of the molecule is CC(C)c1cc2c(F)c(F)c(F)[nH]c-2nc1=S. The lowest BCUT2D eigenvalue weighted by Gasteiger charge is -2.12. The summed E-state index contributed by atoms with van der Waals surface area (Å²) in [6.45, 7) is 3.72. The zero-order chi connectivity index (χ0) is 12.7. The summed E-state index contributed by atoms with van der Waals surface area (Å²) in [6, 6.07) is 1.41. The third kappa shape index (κ3) is 1.93. The fourth-order valence-electron chi connectivity index (χ4n) is 1.56. The van der Waals surface area contributed by atoms with Crippen LogP contribution in [-0.4, -0.2) is 9.97 Å². The van der Waals surface area contributed by atoms with Crippen molar-refractivity contribution in [3.63, 3.8) is 0 Å². The maximum Gasteiger partial charge on any atom is 0.231 e. The predicted octanol–water partition coefficient (Wildman–Crippen LogP) is 3.78. The molecule has 0 aliphatic carbocycles. The highest BCUT2D eigenvalue weighted by Crippen LogP contribution is 2.28. The first kappa shape index (κ1) is 12.0. The van der Waals surface area contributed by atoms with Crippen molar-refractivity contribution >= 4 is 12.2 Å². The van der Waals surface area contributed by atoms with E-state index in [0.29, 0.717) is 5.56 Å². The van der Waals surface area contributed by atoms with Gasteiger partial charge < -0.3 is 4.98 Å². The highest BCUT2D eigenvalue weighted by molar-refractivity contribution is 7.71. The van der Waals surface area contributed by atoms with E-state index in [-0.39, 0.29) is 21.9 Å². The fraction of sp³-hybridized carbons (Fsp3) is 0.273. The number of aromatic amines is 1. The molecule has 0 saturated heterocycles. The van der Waals surface area contributed by atoms with E-state index in [9.17, 15) is 13.2 Å². The fourth-order valence-corrected chi connectivity index (χ4v) is 1.95. The molecule has 2 aliphatic heterocycles. The van der Waals surface area contributed by atoms with E-state index in [1.54, 1.807) is 0 Å². The summed E-state index contributed by atoms with van der Waals surface area (Å²) in [5.41, 5.74) is 0.534. The second-order valence-electron chi connectivity index (χ2n) is 4.00. The van der Waals surface area contributed by atoms with Crippen molar-refractivity contribution in [3.05, 3.63) is 33.9 Å². The van der Waals surface area contributed by atoms with Gasteiger partial charge in [-0.2, -0.15) is 8.78 Å². The molecule has 2 heterocycles. The van der Waals surface area contributed by atoms with Gasteiger partial charge in [0.2, 0.25) is 11.8 Å². The molecule has 0 unspecified atom stereocenters. The molecular formula is C11H9F3N2S. The molecule has 0 radical (unpaired) electrons. The van der Waals surface area contributed by atoms with Crippen molar-refractivity contribution < 1.29 is 13.2 Å². The average Bonchev–Trinajstić information content (AvgIpc) is 2.25. The summed E-state index contributed by atoms with van der Waals surface area (Å²) in [4.78, 5) is 5.92. The van der Waals surface area contributed by atoms with E-state index in [2.05, 4.69) is 4.98 Å². The van der Waals surface area contributed by atoms with Crippen molar-refractivity contribution in [2.24, 2.45) is 0 Å². The van der Waals surface area contributed by atoms with Crippen LogP contribution in [0.15, 0.2) is 6.07 Å². The quantitative estimate of drug-likeness (QED) is 0.623. The molecule has 2 aliphatic rings. The Balaban J connectivity index is 2.86. The predicted molar refractivity (Wildman–Crippen MR) is 60.0 cm³/mol. The Hall–Kier alpha value is -1.43. The Labute approximate surface area is 101 Å². The summed E-state index contributed by atoms with van der Waals surface area (Å²) >= 11 is 5.01. The normalized spacial score (nSPS) is 11.4. The monoisotopic (exact) mass is 258 g/mol. The molecule has 6 heteroatoms. The molecule has 0 saturated carbocycles. The van der Waals surface area contributed by atoms with Crippen molar-refractivity contribution in [2.75, 3.05) is 0 Å². The third-order valence-electron chi connectivity index (χ3n) is 2.49. The second kappa shape index (κ2) is 4.10. The van der Waals surface area contributed by atoms with Gasteiger partial charge in [0.05, 0.1) is 5.56 Å². The number of nitrogens with one attached hydrogen (secondary N) is 1. The molecule has 0 aromatic heterocycles. The Morgan fingerprint density at radius 3 is 2.47 bits per heavy atom. The summed E-state index contributed by atoms with van der Waals surface area (Å²) < 4.78 is 39.8. The number of aromatic nitrogens is 2. The first-order valence-electron chi connectivity index (χ1n) is 4.99. The lowest BCUT2D eigenvalue weighted by Crippen LogP contribution is -2.05.